The molecule has 2 heterocycles. The van der Waals surface area contributed by atoms with Gasteiger partial charge in [-0.1, -0.05) is 18.2 Å². The first-order valence-electron chi connectivity index (χ1n) is 13.0. The molecule has 0 aliphatic carbocycles. The molecular weight excluding hydrogens is 531 g/mol. The number of amides is 2. The van der Waals surface area contributed by atoms with Gasteiger partial charge in [-0.3, -0.25) is 5.32 Å². The molecular formula is C29H33FN6O5. The third-order valence-corrected chi connectivity index (χ3v) is 5.62. The highest BCUT2D eigenvalue weighted by Gasteiger charge is 2.19. The Hall–Kier alpha value is -4.87. The van der Waals surface area contributed by atoms with Crippen molar-refractivity contribution in [3.63, 3.8) is 0 Å². The van der Waals surface area contributed by atoms with Crippen molar-refractivity contribution >= 4 is 29.3 Å². The lowest BCUT2D eigenvalue weighted by molar-refractivity contribution is 0.0504. The third kappa shape index (κ3) is 8.31. The molecule has 0 spiro atoms. The Morgan fingerprint density at radius 1 is 1.05 bits per heavy atom. The number of benzene rings is 2. The van der Waals surface area contributed by atoms with Crippen LogP contribution in [-0.2, 0) is 4.74 Å². The zero-order valence-electron chi connectivity index (χ0n) is 23.5. The van der Waals surface area contributed by atoms with E-state index in [0.29, 0.717) is 34.2 Å². The quantitative estimate of drug-likeness (QED) is 0.228. The molecule has 2 aromatic carbocycles. The van der Waals surface area contributed by atoms with E-state index < -0.39 is 35.8 Å². The minimum atomic E-state index is -0.684. The number of fused-ring (bicyclic) bond motifs is 1. The van der Waals surface area contributed by atoms with Crippen molar-refractivity contribution in [2.75, 3.05) is 17.2 Å². The van der Waals surface area contributed by atoms with Crippen LogP contribution in [0.5, 0.6) is 11.5 Å². The van der Waals surface area contributed by atoms with E-state index in [-0.39, 0.29) is 6.54 Å². The Morgan fingerprint density at radius 3 is 2.54 bits per heavy atom. The fraction of sp³-hybridized carbons (Fsp3) is 0.310. The van der Waals surface area contributed by atoms with E-state index in [1.165, 1.54) is 22.8 Å². The number of halogens is 1. The lowest BCUT2D eigenvalue weighted by Gasteiger charge is -2.23. The summed E-state index contributed by atoms with van der Waals surface area (Å²) >= 11 is 0. The van der Waals surface area contributed by atoms with Gasteiger partial charge in [-0.15, -0.1) is 0 Å². The average molecular weight is 565 g/mol. The predicted molar refractivity (Wildman–Crippen MR) is 152 cm³/mol. The van der Waals surface area contributed by atoms with Crippen molar-refractivity contribution in [1.29, 1.82) is 0 Å². The van der Waals surface area contributed by atoms with Gasteiger partial charge < -0.3 is 24.8 Å². The number of hydrogen-bond donors (Lipinski definition) is 3. The van der Waals surface area contributed by atoms with E-state index in [1.807, 2.05) is 13.0 Å². The molecule has 0 bridgehead atoms. The monoisotopic (exact) mass is 564 g/mol. The second-order valence-corrected chi connectivity index (χ2v) is 10.3. The van der Waals surface area contributed by atoms with Gasteiger partial charge in [0, 0.05) is 11.8 Å². The second-order valence-electron chi connectivity index (χ2n) is 10.3. The lowest BCUT2D eigenvalue weighted by atomic mass is 10.1. The van der Waals surface area contributed by atoms with Crippen molar-refractivity contribution < 1.29 is 28.2 Å². The number of carbonyl (C=O) groups excluding carboxylic acids is 2. The first kappa shape index (κ1) is 29.1. The number of aromatic nitrogens is 3. The molecule has 4 aromatic rings. The zero-order chi connectivity index (χ0) is 29.6. The molecule has 0 aliphatic heterocycles. The molecule has 216 valence electrons. The Morgan fingerprint density at radius 2 is 1.80 bits per heavy atom. The van der Waals surface area contributed by atoms with Crippen LogP contribution in [0.3, 0.4) is 0 Å². The van der Waals surface area contributed by atoms with Gasteiger partial charge in [0.1, 0.15) is 40.5 Å². The molecule has 12 heteroatoms. The highest BCUT2D eigenvalue weighted by Crippen LogP contribution is 2.30. The van der Waals surface area contributed by atoms with Gasteiger partial charge in [0.2, 0.25) is 0 Å². The minimum Gasteiger partial charge on any atom is -0.489 e. The van der Waals surface area contributed by atoms with Gasteiger partial charge in [0.25, 0.3) is 0 Å². The maximum absolute atomic E-state index is 14.3. The first-order valence-corrected chi connectivity index (χ1v) is 13.0. The SMILES string of the molecule is C[C@@H](CNC(=O)OC(C)(C)C)Oc1ccc(F)cc1[C@@H](C)Nc1ccn2ncc(NC(=O)Oc3ccccc3)c2n1. The Kier molecular flexibility index (Phi) is 8.91. The normalized spacial score (nSPS) is 12.7. The van der Waals surface area contributed by atoms with Crippen molar-refractivity contribution in [3.8, 4) is 11.5 Å². The molecule has 0 aliphatic rings. The molecule has 0 fully saturated rings. The van der Waals surface area contributed by atoms with E-state index in [2.05, 4.69) is 26.0 Å². The standard InChI is InChI=1S/C29H33FN6O5/c1-18(16-31-27(37)41-29(3,4)5)39-24-12-11-20(30)15-22(24)19(2)33-25-13-14-36-26(35-25)23(17-32-36)34-28(38)40-21-9-7-6-8-10-21/h6-15,17-19H,16H2,1-5H3,(H,31,37)(H,33,35)(H,34,38)/t18-,19+/m0/s1. The third-order valence-electron chi connectivity index (χ3n) is 5.62. The van der Waals surface area contributed by atoms with Gasteiger partial charge in [0.05, 0.1) is 18.8 Å². The van der Waals surface area contributed by atoms with Gasteiger partial charge in [-0.05, 0) is 71.0 Å². The van der Waals surface area contributed by atoms with E-state index in [1.54, 1.807) is 70.3 Å². The van der Waals surface area contributed by atoms with Crippen LogP contribution < -0.4 is 25.4 Å². The van der Waals surface area contributed by atoms with Crippen LogP contribution >= 0.6 is 0 Å². The summed E-state index contributed by atoms with van der Waals surface area (Å²) in [6, 6.07) is 14.2. The minimum absolute atomic E-state index is 0.190. The van der Waals surface area contributed by atoms with E-state index in [4.69, 9.17) is 14.2 Å². The topological polar surface area (TPSA) is 128 Å². The summed E-state index contributed by atoms with van der Waals surface area (Å²) in [5.74, 6) is 0.873. The number of ether oxygens (including phenoxy) is 3. The summed E-state index contributed by atoms with van der Waals surface area (Å²) in [4.78, 5) is 28.9. The van der Waals surface area contributed by atoms with Crippen molar-refractivity contribution in [3.05, 3.63) is 78.4 Å². The Labute approximate surface area is 237 Å². The van der Waals surface area contributed by atoms with Crippen LogP contribution in [0.15, 0.2) is 67.0 Å². The van der Waals surface area contributed by atoms with Crippen molar-refractivity contribution in [2.24, 2.45) is 0 Å². The summed E-state index contributed by atoms with van der Waals surface area (Å²) in [5.41, 5.74) is 0.664. The van der Waals surface area contributed by atoms with Crippen LogP contribution in [0.2, 0.25) is 0 Å². The number of rotatable bonds is 9. The average Bonchev–Trinajstić information content (AvgIpc) is 3.29. The molecule has 41 heavy (non-hydrogen) atoms. The highest BCUT2D eigenvalue weighted by atomic mass is 19.1. The van der Waals surface area contributed by atoms with E-state index in [9.17, 15) is 14.0 Å². The van der Waals surface area contributed by atoms with Crippen LogP contribution in [-0.4, -0.2) is 45.0 Å². The fourth-order valence-electron chi connectivity index (χ4n) is 3.83. The van der Waals surface area contributed by atoms with E-state index in [0.717, 1.165) is 0 Å². The first-order chi connectivity index (χ1) is 19.5. The number of para-hydroxylation sites is 1. The molecule has 2 aromatic heterocycles. The van der Waals surface area contributed by atoms with Crippen LogP contribution in [0, 0.1) is 5.82 Å². The molecule has 0 radical (unpaired) electrons. The number of nitrogens with zero attached hydrogens (tertiary/aromatic N) is 3. The number of nitrogens with one attached hydrogen (secondary N) is 3. The maximum atomic E-state index is 14.3. The van der Waals surface area contributed by atoms with Crippen LogP contribution in [0.25, 0.3) is 5.65 Å². The predicted octanol–water partition coefficient (Wildman–Crippen LogP) is 5.94. The summed E-state index contributed by atoms with van der Waals surface area (Å²) in [6.07, 6.45) is 1.48. The van der Waals surface area contributed by atoms with Gasteiger partial charge >= 0.3 is 12.2 Å². The number of anilines is 2. The molecule has 0 unspecified atom stereocenters. The summed E-state index contributed by atoms with van der Waals surface area (Å²) in [7, 11) is 0. The maximum Gasteiger partial charge on any atom is 0.417 e. The molecule has 0 saturated carbocycles. The number of carbonyl (C=O) groups is 2. The summed E-state index contributed by atoms with van der Waals surface area (Å²) in [6.45, 7) is 9.15. The molecule has 3 N–H and O–H groups in total. The molecule has 0 saturated heterocycles. The van der Waals surface area contributed by atoms with Gasteiger partial charge in [-0.25, -0.2) is 23.5 Å². The zero-order valence-corrected chi connectivity index (χ0v) is 23.5. The Bertz CT molecular complexity index is 1500. The van der Waals surface area contributed by atoms with E-state index >= 15 is 0 Å². The van der Waals surface area contributed by atoms with Gasteiger partial charge in [0.15, 0.2) is 5.65 Å². The summed E-state index contributed by atoms with van der Waals surface area (Å²) in [5, 5.41) is 12.8. The van der Waals surface area contributed by atoms with Crippen molar-refractivity contribution in [1.82, 2.24) is 19.9 Å². The number of hydrogen-bond acceptors (Lipinski definition) is 8. The summed E-state index contributed by atoms with van der Waals surface area (Å²) < 4.78 is 32.3. The largest absolute Gasteiger partial charge is 0.489 e. The number of alkyl carbamates (subject to hydrolysis) is 1. The highest BCUT2D eigenvalue weighted by molar-refractivity contribution is 5.90. The van der Waals surface area contributed by atoms with Crippen molar-refractivity contribution in [2.45, 2.75) is 52.4 Å². The van der Waals surface area contributed by atoms with Gasteiger partial charge in [-0.2, -0.15) is 5.10 Å². The smallest absolute Gasteiger partial charge is 0.417 e. The van der Waals surface area contributed by atoms with Crippen LogP contribution in [0.1, 0.15) is 46.2 Å². The second kappa shape index (κ2) is 12.5. The van der Waals surface area contributed by atoms with Crippen LogP contribution in [0.4, 0.5) is 25.5 Å². The lowest BCUT2D eigenvalue weighted by Crippen LogP contribution is -2.37. The fourth-order valence-corrected chi connectivity index (χ4v) is 3.83. The Balaban J connectivity index is 1.43. The molecule has 4 rings (SSSR count). The molecule has 2 atom stereocenters. The molecule has 2 amide bonds. The molecule has 11 nitrogen and oxygen atoms in total.